The summed E-state index contributed by atoms with van der Waals surface area (Å²) >= 11 is 4.95. The van der Waals surface area contributed by atoms with Gasteiger partial charge < -0.3 is 15.8 Å². The lowest BCUT2D eigenvalue weighted by molar-refractivity contribution is 0.416. The minimum Gasteiger partial charge on any atom is -0.495 e. The van der Waals surface area contributed by atoms with Gasteiger partial charge >= 0.3 is 0 Å². The average molecular weight is 288 g/mol. The summed E-state index contributed by atoms with van der Waals surface area (Å²) < 4.78 is 5.31. The first-order valence-corrected chi connectivity index (χ1v) is 6.47. The van der Waals surface area contributed by atoms with Gasteiger partial charge in [-0.1, -0.05) is 18.3 Å². The first-order valence-electron chi connectivity index (χ1n) is 6.06. The summed E-state index contributed by atoms with van der Waals surface area (Å²) in [4.78, 5) is 8.86. The van der Waals surface area contributed by atoms with Gasteiger partial charge in [-0.15, -0.1) is 0 Å². The molecule has 0 aliphatic rings. The highest BCUT2D eigenvalue weighted by molar-refractivity contribution is 7.80. The Kier molecular flexibility index (Phi) is 4.14. The van der Waals surface area contributed by atoms with E-state index in [9.17, 15) is 0 Å². The van der Waals surface area contributed by atoms with Crippen LogP contribution < -0.4 is 15.8 Å². The zero-order valence-corrected chi connectivity index (χ0v) is 12.4. The molecule has 104 valence electrons. The molecule has 0 saturated carbocycles. The first-order chi connectivity index (χ1) is 9.49. The number of hydrogen-bond donors (Lipinski definition) is 2. The topological polar surface area (TPSA) is 73.1 Å². The van der Waals surface area contributed by atoms with Crippen molar-refractivity contribution in [3.8, 4) is 5.75 Å². The van der Waals surface area contributed by atoms with Gasteiger partial charge in [0.05, 0.1) is 12.8 Å². The third-order valence-corrected chi connectivity index (χ3v) is 2.92. The number of ether oxygens (including phenoxy) is 1. The van der Waals surface area contributed by atoms with Gasteiger partial charge in [-0.25, -0.2) is 9.97 Å². The molecule has 2 aromatic rings. The van der Waals surface area contributed by atoms with Gasteiger partial charge in [-0.05, 0) is 37.6 Å². The molecule has 20 heavy (non-hydrogen) atoms. The second-order valence-electron chi connectivity index (χ2n) is 4.41. The molecule has 0 amide bonds. The number of aromatic nitrogens is 2. The highest BCUT2D eigenvalue weighted by Crippen LogP contribution is 2.27. The quantitative estimate of drug-likeness (QED) is 0.842. The minimum absolute atomic E-state index is 0.245. The Morgan fingerprint density at radius 2 is 2.00 bits per heavy atom. The number of methoxy groups -OCH3 is 1. The lowest BCUT2D eigenvalue weighted by Gasteiger charge is -2.12. The van der Waals surface area contributed by atoms with Crippen LogP contribution in [0.2, 0.25) is 0 Å². The highest BCUT2D eigenvalue weighted by Gasteiger charge is 2.08. The molecule has 2 rings (SSSR count). The smallest absolute Gasteiger partial charge is 0.228 e. The Bertz CT molecular complexity index is 658. The van der Waals surface area contributed by atoms with E-state index < -0.39 is 0 Å². The standard InChI is InChI=1S/C14H16N4OS/c1-8-4-5-12(19-3)10(6-8)17-14-16-9(2)7-11(18-14)13(15)20/h4-7H,1-3H3,(H2,15,20)(H,16,17,18). The van der Waals surface area contributed by atoms with Gasteiger partial charge in [0.1, 0.15) is 16.4 Å². The number of hydrogen-bond acceptors (Lipinski definition) is 5. The predicted molar refractivity (Wildman–Crippen MR) is 83.7 cm³/mol. The van der Waals surface area contributed by atoms with Crippen molar-refractivity contribution in [1.29, 1.82) is 0 Å². The molecule has 1 heterocycles. The summed E-state index contributed by atoms with van der Waals surface area (Å²) in [6, 6.07) is 7.58. The van der Waals surface area contributed by atoms with Crippen LogP contribution in [0.15, 0.2) is 24.3 Å². The second kappa shape index (κ2) is 5.83. The third-order valence-electron chi connectivity index (χ3n) is 2.71. The third kappa shape index (κ3) is 3.21. The van der Waals surface area contributed by atoms with Gasteiger partial charge in [0.25, 0.3) is 0 Å². The molecule has 0 saturated heterocycles. The first kappa shape index (κ1) is 14.2. The van der Waals surface area contributed by atoms with Crippen LogP contribution in [0.3, 0.4) is 0 Å². The van der Waals surface area contributed by atoms with Crippen LogP contribution in [-0.4, -0.2) is 22.1 Å². The molecular weight excluding hydrogens is 272 g/mol. The van der Waals surface area contributed by atoms with Gasteiger partial charge in [-0.3, -0.25) is 0 Å². The Morgan fingerprint density at radius 1 is 1.25 bits per heavy atom. The summed E-state index contributed by atoms with van der Waals surface area (Å²) in [6.45, 7) is 3.87. The lowest BCUT2D eigenvalue weighted by atomic mass is 10.2. The Hall–Kier alpha value is -2.21. The van der Waals surface area contributed by atoms with Crippen molar-refractivity contribution in [2.45, 2.75) is 13.8 Å². The number of nitrogens with one attached hydrogen (secondary N) is 1. The van der Waals surface area contributed by atoms with E-state index >= 15 is 0 Å². The summed E-state index contributed by atoms with van der Waals surface area (Å²) in [7, 11) is 1.62. The van der Waals surface area contributed by atoms with Crippen molar-refractivity contribution in [2.75, 3.05) is 12.4 Å². The van der Waals surface area contributed by atoms with E-state index in [2.05, 4.69) is 15.3 Å². The molecule has 0 bridgehead atoms. The van der Waals surface area contributed by atoms with E-state index in [1.807, 2.05) is 32.0 Å². The second-order valence-corrected chi connectivity index (χ2v) is 4.85. The number of thiocarbonyl (C=S) groups is 1. The molecule has 0 spiro atoms. The SMILES string of the molecule is COc1ccc(C)cc1Nc1nc(C)cc(C(N)=S)n1. The number of anilines is 2. The Balaban J connectivity index is 2.39. The van der Waals surface area contributed by atoms with E-state index in [4.69, 9.17) is 22.7 Å². The maximum absolute atomic E-state index is 5.61. The maximum atomic E-state index is 5.61. The molecule has 0 aliphatic carbocycles. The summed E-state index contributed by atoms with van der Waals surface area (Å²) in [5.41, 5.74) is 8.85. The minimum atomic E-state index is 0.245. The van der Waals surface area contributed by atoms with Crippen molar-refractivity contribution in [2.24, 2.45) is 5.73 Å². The summed E-state index contributed by atoms with van der Waals surface area (Å²) in [5.74, 6) is 1.16. The zero-order chi connectivity index (χ0) is 14.7. The van der Waals surface area contributed by atoms with Gasteiger partial charge in [0, 0.05) is 5.69 Å². The molecule has 0 fully saturated rings. The van der Waals surface area contributed by atoms with Gasteiger partial charge in [-0.2, -0.15) is 0 Å². The molecule has 5 nitrogen and oxygen atoms in total. The molecule has 0 aliphatic heterocycles. The van der Waals surface area contributed by atoms with E-state index in [0.717, 1.165) is 22.7 Å². The van der Waals surface area contributed by atoms with Crippen LogP contribution >= 0.6 is 12.2 Å². The fourth-order valence-corrected chi connectivity index (χ4v) is 1.90. The number of nitrogens with two attached hydrogens (primary N) is 1. The number of nitrogens with zero attached hydrogens (tertiary/aromatic N) is 2. The molecule has 6 heteroatoms. The van der Waals surface area contributed by atoms with Crippen molar-refractivity contribution >= 4 is 28.8 Å². The summed E-state index contributed by atoms with van der Waals surface area (Å²) in [5, 5.41) is 3.14. The van der Waals surface area contributed by atoms with E-state index in [-0.39, 0.29) is 4.99 Å². The molecule has 3 N–H and O–H groups in total. The Morgan fingerprint density at radius 3 is 2.65 bits per heavy atom. The average Bonchev–Trinajstić information content (AvgIpc) is 2.38. The predicted octanol–water partition coefficient (Wildman–Crippen LogP) is 2.48. The number of benzene rings is 1. The molecule has 0 radical (unpaired) electrons. The van der Waals surface area contributed by atoms with Crippen LogP contribution in [0.25, 0.3) is 0 Å². The molecule has 1 aromatic heterocycles. The molecule has 0 atom stereocenters. The van der Waals surface area contributed by atoms with Crippen LogP contribution in [0.1, 0.15) is 17.0 Å². The zero-order valence-electron chi connectivity index (χ0n) is 11.6. The van der Waals surface area contributed by atoms with Crippen LogP contribution in [0.4, 0.5) is 11.6 Å². The van der Waals surface area contributed by atoms with Crippen LogP contribution in [-0.2, 0) is 0 Å². The van der Waals surface area contributed by atoms with Gasteiger partial charge in [0.2, 0.25) is 5.95 Å². The maximum Gasteiger partial charge on any atom is 0.228 e. The fraction of sp³-hybridized carbons (Fsp3) is 0.214. The largest absolute Gasteiger partial charge is 0.495 e. The Labute approximate surface area is 123 Å². The van der Waals surface area contributed by atoms with Crippen molar-refractivity contribution < 1.29 is 4.74 Å². The van der Waals surface area contributed by atoms with Crippen molar-refractivity contribution in [1.82, 2.24) is 9.97 Å². The molecule has 1 aromatic carbocycles. The van der Waals surface area contributed by atoms with Crippen LogP contribution in [0.5, 0.6) is 5.75 Å². The normalized spacial score (nSPS) is 10.2. The van der Waals surface area contributed by atoms with E-state index in [1.54, 1.807) is 13.2 Å². The number of rotatable bonds is 4. The fourth-order valence-electron chi connectivity index (χ4n) is 1.79. The molecular formula is C14H16N4OS. The van der Waals surface area contributed by atoms with Gasteiger partial charge in [0.15, 0.2) is 0 Å². The van der Waals surface area contributed by atoms with Crippen LogP contribution in [0, 0.1) is 13.8 Å². The van der Waals surface area contributed by atoms with E-state index in [0.29, 0.717) is 11.6 Å². The monoisotopic (exact) mass is 288 g/mol. The highest BCUT2D eigenvalue weighted by atomic mass is 32.1. The van der Waals surface area contributed by atoms with Crippen molar-refractivity contribution in [3.63, 3.8) is 0 Å². The molecule has 0 unspecified atom stereocenters. The lowest BCUT2D eigenvalue weighted by Crippen LogP contribution is -2.14. The summed E-state index contributed by atoms with van der Waals surface area (Å²) in [6.07, 6.45) is 0. The van der Waals surface area contributed by atoms with Crippen molar-refractivity contribution in [3.05, 3.63) is 41.2 Å². The van der Waals surface area contributed by atoms with E-state index in [1.165, 1.54) is 0 Å². The number of aryl methyl sites for hydroxylation is 2.